The maximum Gasteiger partial charge on any atom is 0.472 e. The molecule has 0 aromatic heterocycles. The van der Waals surface area contributed by atoms with Gasteiger partial charge in [0.2, 0.25) is 0 Å². The van der Waals surface area contributed by atoms with Gasteiger partial charge in [0, 0.05) is 19.4 Å². The molecule has 0 aliphatic carbocycles. The summed E-state index contributed by atoms with van der Waals surface area (Å²) in [6, 6.07) is 0. The van der Waals surface area contributed by atoms with Gasteiger partial charge in [-0.1, -0.05) is 141 Å². The van der Waals surface area contributed by atoms with Crippen molar-refractivity contribution in [2.24, 2.45) is 5.73 Å². The van der Waals surface area contributed by atoms with Gasteiger partial charge in [-0.3, -0.25) is 18.6 Å². The Labute approximate surface area is 293 Å². The molecule has 0 aromatic carbocycles. The molecule has 3 N–H and O–H groups in total. The highest BCUT2D eigenvalue weighted by atomic mass is 31.2. The lowest BCUT2D eigenvalue weighted by atomic mass is 10.0. The number of phosphoric acid groups is 1. The molecule has 0 rings (SSSR count). The highest BCUT2D eigenvalue weighted by molar-refractivity contribution is 7.47. The minimum Gasteiger partial charge on any atom is -0.462 e. The van der Waals surface area contributed by atoms with Crippen LogP contribution in [0, 0.1) is 0 Å². The molecule has 282 valence electrons. The van der Waals surface area contributed by atoms with E-state index in [0.29, 0.717) is 12.8 Å². The summed E-state index contributed by atoms with van der Waals surface area (Å²) in [5.41, 5.74) is 5.33. The van der Waals surface area contributed by atoms with Crippen LogP contribution in [-0.4, -0.2) is 49.3 Å². The number of hydrogen-bond donors (Lipinski definition) is 2. The van der Waals surface area contributed by atoms with Crippen LogP contribution >= 0.6 is 7.82 Å². The molecule has 48 heavy (non-hydrogen) atoms. The molecule has 1 unspecified atom stereocenters. The maximum absolute atomic E-state index is 12.5. The zero-order valence-corrected chi connectivity index (χ0v) is 31.6. The first kappa shape index (κ1) is 46.5. The molecule has 0 bridgehead atoms. The fourth-order valence-corrected chi connectivity index (χ4v) is 5.96. The highest BCUT2D eigenvalue weighted by Gasteiger charge is 2.25. The molecule has 0 aliphatic rings. The molecule has 0 saturated carbocycles. The third-order valence-electron chi connectivity index (χ3n) is 8.09. The van der Waals surface area contributed by atoms with Crippen molar-refractivity contribution in [3.05, 3.63) is 24.3 Å². The number of hydrogen-bond acceptors (Lipinski definition) is 8. The van der Waals surface area contributed by atoms with Crippen molar-refractivity contribution in [1.29, 1.82) is 0 Å². The van der Waals surface area contributed by atoms with Crippen LogP contribution in [0.5, 0.6) is 0 Å². The summed E-state index contributed by atoms with van der Waals surface area (Å²) < 4.78 is 32.6. The molecule has 0 spiro atoms. The van der Waals surface area contributed by atoms with Gasteiger partial charge >= 0.3 is 19.8 Å². The van der Waals surface area contributed by atoms with Crippen molar-refractivity contribution in [1.82, 2.24) is 0 Å². The smallest absolute Gasteiger partial charge is 0.462 e. The Balaban J connectivity index is 4.26. The fourth-order valence-electron chi connectivity index (χ4n) is 5.19. The molecule has 0 saturated heterocycles. The molecule has 0 aromatic rings. The zero-order chi connectivity index (χ0) is 35.4. The molecule has 0 radical (unpaired) electrons. The van der Waals surface area contributed by atoms with E-state index in [2.05, 4.69) is 38.2 Å². The van der Waals surface area contributed by atoms with Crippen molar-refractivity contribution in [2.75, 3.05) is 26.4 Å². The molecule has 0 heterocycles. The molecule has 0 fully saturated rings. The SMILES string of the molecule is CCCCCCCC/C=C/C/C=C/CCCCC(=O)OC[C@H](COP(=O)(O)OCCN)OC(=O)CCCCCCCCCCCCCC. The zero-order valence-electron chi connectivity index (χ0n) is 30.7. The van der Waals surface area contributed by atoms with E-state index in [-0.39, 0.29) is 32.6 Å². The van der Waals surface area contributed by atoms with Crippen LogP contribution in [0.1, 0.15) is 174 Å². The Morgan fingerprint density at radius 1 is 0.625 bits per heavy atom. The summed E-state index contributed by atoms with van der Waals surface area (Å²) in [5, 5.41) is 0. The monoisotopic (exact) mass is 701 g/mol. The number of nitrogens with two attached hydrogens (primary N) is 1. The van der Waals surface area contributed by atoms with E-state index in [1.807, 2.05) is 0 Å². The summed E-state index contributed by atoms with van der Waals surface area (Å²) in [6.45, 7) is 3.68. The van der Waals surface area contributed by atoms with Crippen LogP contribution in [0.3, 0.4) is 0 Å². The molecule has 10 heteroatoms. The number of phosphoric ester groups is 1. The Kier molecular flexibility index (Phi) is 34.2. The predicted molar refractivity (Wildman–Crippen MR) is 197 cm³/mol. The van der Waals surface area contributed by atoms with E-state index >= 15 is 0 Å². The Morgan fingerprint density at radius 2 is 1.08 bits per heavy atom. The van der Waals surface area contributed by atoms with Crippen LogP contribution in [0.4, 0.5) is 0 Å². The van der Waals surface area contributed by atoms with E-state index in [1.165, 1.54) is 89.9 Å². The molecule has 2 atom stereocenters. The van der Waals surface area contributed by atoms with Crippen molar-refractivity contribution in [3.63, 3.8) is 0 Å². The van der Waals surface area contributed by atoms with Gasteiger partial charge in [0.15, 0.2) is 6.10 Å². The lowest BCUT2D eigenvalue weighted by molar-refractivity contribution is -0.161. The number of esters is 2. The standard InChI is InChI=1S/C38H72NO8P/c1-3-5-7-9-11-13-15-17-18-19-21-22-24-26-28-30-37(40)44-34-36(35-46-48(42,43)45-33-32-39)47-38(41)31-29-27-25-23-20-16-14-12-10-8-6-4-2/h17-18,21-22,36H,3-16,19-20,23-35,39H2,1-2H3,(H,42,43)/b18-17+,22-21+/t36-/m1/s1. The van der Waals surface area contributed by atoms with Crippen LogP contribution in [0.15, 0.2) is 24.3 Å². The fraction of sp³-hybridized carbons (Fsp3) is 0.842. The number of unbranched alkanes of at least 4 members (excludes halogenated alkanes) is 19. The highest BCUT2D eigenvalue weighted by Crippen LogP contribution is 2.43. The maximum atomic E-state index is 12.5. The summed E-state index contributed by atoms with van der Waals surface area (Å²) >= 11 is 0. The number of allylic oxidation sites excluding steroid dienone is 4. The normalized spacial score (nSPS) is 13.7. The molecule has 9 nitrogen and oxygen atoms in total. The van der Waals surface area contributed by atoms with Crippen molar-refractivity contribution >= 4 is 19.8 Å². The number of rotatable bonds is 36. The summed E-state index contributed by atoms with van der Waals surface area (Å²) in [7, 11) is -4.37. The van der Waals surface area contributed by atoms with Gasteiger partial charge < -0.3 is 20.1 Å². The van der Waals surface area contributed by atoms with Gasteiger partial charge in [-0.2, -0.15) is 0 Å². The van der Waals surface area contributed by atoms with E-state index in [4.69, 9.17) is 24.3 Å². The summed E-state index contributed by atoms with van der Waals surface area (Å²) in [6.07, 6.45) is 34.9. The minimum atomic E-state index is -4.37. The van der Waals surface area contributed by atoms with Gasteiger partial charge in [0.1, 0.15) is 6.61 Å². The molecular weight excluding hydrogens is 629 g/mol. The van der Waals surface area contributed by atoms with E-state index in [0.717, 1.165) is 44.9 Å². The minimum absolute atomic E-state index is 0.0507. The topological polar surface area (TPSA) is 134 Å². The second kappa shape index (κ2) is 35.3. The second-order valence-electron chi connectivity index (χ2n) is 12.8. The Morgan fingerprint density at radius 3 is 1.62 bits per heavy atom. The van der Waals surface area contributed by atoms with E-state index in [1.54, 1.807) is 0 Å². The van der Waals surface area contributed by atoms with E-state index in [9.17, 15) is 19.0 Å². The quantitative estimate of drug-likeness (QED) is 0.0283. The van der Waals surface area contributed by atoms with Gasteiger partial charge in [-0.15, -0.1) is 0 Å². The predicted octanol–water partition coefficient (Wildman–Crippen LogP) is 10.4. The average Bonchev–Trinajstić information content (AvgIpc) is 3.07. The average molecular weight is 702 g/mol. The Hall–Kier alpha value is -1.51. The molecule has 0 amide bonds. The first-order chi connectivity index (χ1) is 23.3. The lowest BCUT2D eigenvalue weighted by Gasteiger charge is -2.19. The van der Waals surface area contributed by atoms with Crippen LogP contribution in [0.25, 0.3) is 0 Å². The van der Waals surface area contributed by atoms with Crippen LogP contribution in [-0.2, 0) is 32.7 Å². The second-order valence-corrected chi connectivity index (χ2v) is 14.3. The van der Waals surface area contributed by atoms with Gasteiger partial charge in [0.05, 0.1) is 13.2 Å². The summed E-state index contributed by atoms with van der Waals surface area (Å²) in [4.78, 5) is 34.7. The van der Waals surface area contributed by atoms with Gasteiger partial charge in [0.25, 0.3) is 0 Å². The van der Waals surface area contributed by atoms with Crippen LogP contribution in [0.2, 0.25) is 0 Å². The lowest BCUT2D eigenvalue weighted by Crippen LogP contribution is -2.29. The van der Waals surface area contributed by atoms with Gasteiger partial charge in [-0.25, -0.2) is 4.57 Å². The number of carbonyl (C=O) groups excluding carboxylic acids is 2. The molecule has 0 aliphatic heterocycles. The summed E-state index contributed by atoms with van der Waals surface area (Å²) in [5.74, 6) is -0.864. The third-order valence-corrected chi connectivity index (χ3v) is 9.07. The first-order valence-corrected chi connectivity index (χ1v) is 20.8. The third kappa shape index (κ3) is 34.4. The van der Waals surface area contributed by atoms with Crippen LogP contribution < -0.4 is 5.73 Å². The molecular formula is C38H72NO8P. The van der Waals surface area contributed by atoms with Crippen molar-refractivity contribution < 1.29 is 37.6 Å². The number of ether oxygens (including phenoxy) is 2. The first-order valence-electron chi connectivity index (χ1n) is 19.3. The number of carbonyl (C=O) groups is 2. The largest absolute Gasteiger partial charge is 0.472 e. The Bertz CT molecular complexity index is 851. The van der Waals surface area contributed by atoms with Gasteiger partial charge in [-0.05, 0) is 44.9 Å². The van der Waals surface area contributed by atoms with Crippen molar-refractivity contribution in [2.45, 2.75) is 180 Å². The van der Waals surface area contributed by atoms with Crippen molar-refractivity contribution in [3.8, 4) is 0 Å². The van der Waals surface area contributed by atoms with E-state index < -0.39 is 32.5 Å².